The monoisotopic (exact) mass is 456 g/mol. The van der Waals surface area contributed by atoms with E-state index in [0.717, 1.165) is 24.0 Å². The zero-order valence-corrected chi connectivity index (χ0v) is 19.9. The van der Waals surface area contributed by atoms with Crippen LogP contribution in [0.1, 0.15) is 70.3 Å². The number of hydrogen-bond acceptors (Lipinski definition) is 5. The average molecular weight is 457 g/mol. The number of nitrogens with zero attached hydrogens (tertiary/aromatic N) is 3. The number of hydrogen-bond donors (Lipinski definition) is 2. The van der Waals surface area contributed by atoms with Gasteiger partial charge in [0.2, 0.25) is 5.82 Å². The fourth-order valence-electron chi connectivity index (χ4n) is 3.42. The summed E-state index contributed by atoms with van der Waals surface area (Å²) in [6.45, 7) is 2.25. The van der Waals surface area contributed by atoms with Crippen LogP contribution >= 0.6 is 11.8 Å². The number of nitrogens with one attached hydrogen (secondary N) is 1. The van der Waals surface area contributed by atoms with Gasteiger partial charge in [-0.2, -0.15) is 17.0 Å². The Balaban J connectivity index is 1.83. The van der Waals surface area contributed by atoms with Crippen molar-refractivity contribution in [2.75, 3.05) is 5.75 Å². The highest BCUT2D eigenvalue weighted by Gasteiger charge is 2.10. The van der Waals surface area contributed by atoms with Gasteiger partial charge in [0.1, 0.15) is 0 Å². The summed E-state index contributed by atoms with van der Waals surface area (Å²) in [5, 5.41) is 23.4. The number of carboxylic acids is 1. The first-order valence-corrected chi connectivity index (χ1v) is 12.7. The van der Waals surface area contributed by atoms with Gasteiger partial charge in [-0.15, -0.1) is 10.2 Å². The van der Waals surface area contributed by atoms with E-state index in [-0.39, 0.29) is 11.7 Å². The van der Waals surface area contributed by atoms with Crippen molar-refractivity contribution in [1.82, 2.24) is 20.6 Å². The molecule has 0 amide bonds. The largest absolute Gasteiger partial charge is 0.481 e. The van der Waals surface area contributed by atoms with Gasteiger partial charge in [0.05, 0.1) is 6.42 Å². The number of carbonyl (C=O) groups is 1. The molecule has 0 saturated carbocycles. The SMILES string of the molecule is CCCCCCCCC/C=C/C=C/C(Cc1cccc(-c2nn[nH]n2)c1)SCCC(=O)O. The summed E-state index contributed by atoms with van der Waals surface area (Å²) in [6.07, 6.45) is 20.0. The average Bonchev–Trinajstić information content (AvgIpc) is 3.32. The zero-order valence-electron chi connectivity index (χ0n) is 19.1. The number of aromatic nitrogens is 4. The lowest BCUT2D eigenvalue weighted by molar-refractivity contribution is -0.136. The van der Waals surface area contributed by atoms with Crippen LogP contribution in [0.3, 0.4) is 0 Å². The summed E-state index contributed by atoms with van der Waals surface area (Å²) in [5.74, 6) is 0.413. The predicted octanol–water partition coefficient (Wildman–Crippen LogP) is 6.24. The quantitative estimate of drug-likeness (QED) is 0.216. The lowest BCUT2D eigenvalue weighted by atomic mass is 10.1. The lowest BCUT2D eigenvalue weighted by Crippen LogP contribution is -2.07. The maximum Gasteiger partial charge on any atom is 0.304 e. The Labute approximate surface area is 196 Å². The third kappa shape index (κ3) is 11.3. The van der Waals surface area contributed by atoms with Crippen LogP contribution in [0, 0.1) is 0 Å². The molecule has 1 atom stereocenters. The van der Waals surface area contributed by atoms with Crippen molar-refractivity contribution in [3.05, 3.63) is 54.1 Å². The summed E-state index contributed by atoms with van der Waals surface area (Å²) in [4.78, 5) is 10.9. The second-order valence-electron chi connectivity index (χ2n) is 7.92. The second-order valence-corrected chi connectivity index (χ2v) is 9.26. The van der Waals surface area contributed by atoms with E-state index < -0.39 is 5.97 Å². The molecule has 7 heteroatoms. The van der Waals surface area contributed by atoms with Gasteiger partial charge in [-0.1, -0.05) is 88.0 Å². The van der Waals surface area contributed by atoms with E-state index in [4.69, 9.17) is 5.11 Å². The van der Waals surface area contributed by atoms with Gasteiger partial charge < -0.3 is 5.11 Å². The van der Waals surface area contributed by atoms with Crippen molar-refractivity contribution >= 4 is 17.7 Å². The van der Waals surface area contributed by atoms with Gasteiger partial charge in [0.15, 0.2) is 0 Å². The van der Waals surface area contributed by atoms with E-state index in [2.05, 4.69) is 64.0 Å². The van der Waals surface area contributed by atoms with Crippen molar-refractivity contribution in [2.24, 2.45) is 0 Å². The molecule has 0 spiro atoms. The highest BCUT2D eigenvalue weighted by atomic mass is 32.2. The van der Waals surface area contributed by atoms with Crippen molar-refractivity contribution in [1.29, 1.82) is 0 Å². The van der Waals surface area contributed by atoms with Crippen molar-refractivity contribution in [3.8, 4) is 11.4 Å². The molecule has 6 nitrogen and oxygen atoms in total. The van der Waals surface area contributed by atoms with Crippen LogP contribution in [0.25, 0.3) is 11.4 Å². The summed E-state index contributed by atoms with van der Waals surface area (Å²) >= 11 is 1.68. The Morgan fingerprint density at radius 2 is 1.97 bits per heavy atom. The van der Waals surface area contributed by atoms with Gasteiger partial charge in [-0.05, 0) is 36.1 Å². The molecule has 0 radical (unpaired) electrons. The number of H-pyrrole nitrogens is 1. The molecule has 2 rings (SSSR count). The van der Waals surface area contributed by atoms with Crippen LogP contribution in [0.2, 0.25) is 0 Å². The topological polar surface area (TPSA) is 91.8 Å². The fourth-order valence-corrected chi connectivity index (χ4v) is 4.52. The van der Waals surface area contributed by atoms with Crippen molar-refractivity contribution in [3.63, 3.8) is 0 Å². The first kappa shape index (κ1) is 25.8. The number of tetrazole rings is 1. The highest BCUT2D eigenvalue weighted by Crippen LogP contribution is 2.22. The molecule has 1 unspecified atom stereocenters. The van der Waals surface area contributed by atoms with Crippen molar-refractivity contribution in [2.45, 2.75) is 76.4 Å². The number of rotatable bonds is 17. The summed E-state index contributed by atoms with van der Waals surface area (Å²) in [5.41, 5.74) is 2.08. The number of allylic oxidation sites excluding steroid dienone is 3. The molecule has 0 aliphatic carbocycles. The molecule has 174 valence electrons. The van der Waals surface area contributed by atoms with E-state index in [1.807, 2.05) is 12.1 Å². The van der Waals surface area contributed by atoms with E-state index >= 15 is 0 Å². The van der Waals surface area contributed by atoms with Crippen LogP contribution in [0.15, 0.2) is 48.6 Å². The molecule has 32 heavy (non-hydrogen) atoms. The minimum atomic E-state index is -0.756. The Morgan fingerprint density at radius 3 is 2.72 bits per heavy atom. The molecular weight excluding hydrogens is 420 g/mol. The van der Waals surface area contributed by atoms with E-state index in [9.17, 15) is 4.79 Å². The van der Waals surface area contributed by atoms with E-state index in [1.165, 1.54) is 44.9 Å². The summed E-state index contributed by atoms with van der Waals surface area (Å²) < 4.78 is 0. The minimum absolute atomic E-state index is 0.173. The molecule has 0 aliphatic rings. The number of carboxylic acid groups (broad SMARTS) is 1. The van der Waals surface area contributed by atoms with Crippen LogP contribution in [-0.4, -0.2) is 42.7 Å². The zero-order chi connectivity index (χ0) is 22.9. The van der Waals surface area contributed by atoms with E-state index in [0.29, 0.717) is 11.6 Å². The second kappa shape index (κ2) is 16.3. The smallest absolute Gasteiger partial charge is 0.304 e. The third-order valence-electron chi connectivity index (χ3n) is 5.16. The number of benzene rings is 1. The molecule has 0 fully saturated rings. The summed E-state index contributed by atoms with van der Waals surface area (Å²) in [6, 6.07) is 8.10. The standard InChI is InChI=1S/C25H36N4O2S/c1-2-3-4-5-6-7-8-9-10-11-12-16-23(32-18-17-24(30)31)20-21-14-13-15-22(19-21)25-26-28-29-27-25/h10-16,19,23H,2-9,17-18,20H2,1H3,(H,30,31)(H,26,27,28,29)/b11-10+,16-12+. The highest BCUT2D eigenvalue weighted by molar-refractivity contribution is 8.00. The molecule has 0 aliphatic heterocycles. The maximum absolute atomic E-state index is 10.9. The summed E-state index contributed by atoms with van der Waals surface area (Å²) in [7, 11) is 0. The molecule has 1 aromatic carbocycles. The number of aromatic amines is 1. The third-order valence-corrected chi connectivity index (χ3v) is 6.35. The Kier molecular flexibility index (Phi) is 13.1. The molecule has 0 saturated heterocycles. The van der Waals surface area contributed by atoms with Gasteiger partial charge >= 0.3 is 5.97 Å². The number of aliphatic carboxylic acids is 1. The van der Waals surface area contributed by atoms with Crippen LogP contribution in [0.4, 0.5) is 0 Å². The molecule has 2 N–H and O–H groups in total. The Morgan fingerprint density at radius 1 is 1.16 bits per heavy atom. The Hall–Kier alpha value is -2.41. The molecule has 0 bridgehead atoms. The van der Waals surface area contributed by atoms with Gasteiger partial charge in [0.25, 0.3) is 0 Å². The fraction of sp³-hybridized carbons (Fsp3) is 0.520. The van der Waals surface area contributed by atoms with Gasteiger partial charge in [-0.25, -0.2) is 0 Å². The lowest BCUT2D eigenvalue weighted by Gasteiger charge is -2.12. The maximum atomic E-state index is 10.9. The van der Waals surface area contributed by atoms with E-state index in [1.54, 1.807) is 11.8 Å². The number of thioether (sulfide) groups is 1. The Bertz CT molecular complexity index is 821. The number of unbranched alkanes of at least 4 members (excludes halogenated alkanes) is 7. The molecule has 1 heterocycles. The predicted molar refractivity (Wildman–Crippen MR) is 133 cm³/mol. The molecule has 2 aromatic rings. The first-order chi connectivity index (χ1) is 15.7. The van der Waals surface area contributed by atoms with Crippen LogP contribution in [0.5, 0.6) is 0 Å². The van der Waals surface area contributed by atoms with Crippen molar-refractivity contribution < 1.29 is 9.90 Å². The molecular formula is C25H36N4O2S. The van der Waals surface area contributed by atoms with Gasteiger partial charge in [0, 0.05) is 16.6 Å². The molecule has 1 aromatic heterocycles. The van der Waals surface area contributed by atoms with Crippen LogP contribution in [-0.2, 0) is 11.2 Å². The van der Waals surface area contributed by atoms with Gasteiger partial charge in [-0.3, -0.25) is 4.79 Å². The minimum Gasteiger partial charge on any atom is -0.481 e. The van der Waals surface area contributed by atoms with Crippen LogP contribution < -0.4 is 0 Å². The normalized spacial score (nSPS) is 12.7. The first-order valence-electron chi connectivity index (χ1n) is 11.7.